The number of rotatable bonds is 5. The van der Waals surface area contributed by atoms with Gasteiger partial charge in [0.1, 0.15) is 5.75 Å². The highest BCUT2D eigenvalue weighted by Crippen LogP contribution is 2.27. The van der Waals surface area contributed by atoms with Crippen molar-refractivity contribution in [2.45, 2.75) is 12.8 Å². The van der Waals surface area contributed by atoms with Crippen molar-refractivity contribution in [3.8, 4) is 5.75 Å². The van der Waals surface area contributed by atoms with E-state index in [1.807, 2.05) is 18.2 Å². The van der Waals surface area contributed by atoms with Gasteiger partial charge in [-0.3, -0.25) is 4.79 Å². The van der Waals surface area contributed by atoms with Gasteiger partial charge < -0.3 is 10.1 Å². The zero-order valence-corrected chi connectivity index (χ0v) is 14.9. The fourth-order valence-corrected chi connectivity index (χ4v) is 2.85. The van der Waals surface area contributed by atoms with Crippen molar-refractivity contribution in [3.63, 3.8) is 0 Å². The van der Waals surface area contributed by atoms with Gasteiger partial charge in [0.2, 0.25) is 5.91 Å². The summed E-state index contributed by atoms with van der Waals surface area (Å²) >= 11 is 15.3. The zero-order chi connectivity index (χ0) is 16.1. The number of carbonyl (C=O) groups is 1. The predicted molar refractivity (Wildman–Crippen MR) is 94.1 cm³/mol. The lowest BCUT2D eigenvalue weighted by Gasteiger charge is -2.09. The average molecular weight is 403 g/mol. The normalized spacial score (nSPS) is 10.4. The summed E-state index contributed by atoms with van der Waals surface area (Å²) in [5.74, 6) is 0.648. The molecule has 2 rings (SSSR count). The van der Waals surface area contributed by atoms with E-state index in [0.29, 0.717) is 28.6 Å². The molecule has 0 aliphatic rings. The third-order valence-electron chi connectivity index (χ3n) is 3.06. The molecule has 0 spiro atoms. The van der Waals surface area contributed by atoms with Crippen LogP contribution in [0.5, 0.6) is 5.75 Å². The SMILES string of the molecule is COc1ccc(CCC(=O)Nc2cc(Cl)ccc2Cl)cc1Br. The minimum atomic E-state index is -0.115. The molecule has 0 saturated heterocycles. The molecule has 0 fully saturated rings. The molecule has 22 heavy (non-hydrogen) atoms. The van der Waals surface area contributed by atoms with Crippen LogP contribution in [0.1, 0.15) is 12.0 Å². The van der Waals surface area contributed by atoms with Crippen molar-refractivity contribution in [3.05, 3.63) is 56.5 Å². The number of nitrogens with one attached hydrogen (secondary N) is 1. The van der Waals surface area contributed by atoms with Gasteiger partial charge in [0.15, 0.2) is 0 Å². The Bertz CT molecular complexity index is 692. The number of halogens is 3. The van der Waals surface area contributed by atoms with Gasteiger partial charge in [0.25, 0.3) is 0 Å². The first kappa shape index (κ1) is 17.1. The van der Waals surface area contributed by atoms with Crippen LogP contribution < -0.4 is 10.1 Å². The number of hydrogen-bond acceptors (Lipinski definition) is 2. The molecular formula is C16H14BrCl2NO2. The molecule has 2 aromatic carbocycles. The highest BCUT2D eigenvalue weighted by molar-refractivity contribution is 9.10. The molecule has 0 aliphatic heterocycles. The van der Waals surface area contributed by atoms with Crippen molar-refractivity contribution < 1.29 is 9.53 Å². The van der Waals surface area contributed by atoms with Gasteiger partial charge in [0.05, 0.1) is 22.3 Å². The summed E-state index contributed by atoms with van der Waals surface area (Å²) in [4.78, 5) is 12.0. The molecule has 116 valence electrons. The van der Waals surface area contributed by atoms with Gasteiger partial charge >= 0.3 is 0 Å². The standard InChI is InChI=1S/C16H14BrCl2NO2/c1-22-15-6-2-10(8-12(15)17)3-7-16(21)20-14-9-11(18)4-5-13(14)19/h2,4-6,8-9H,3,7H2,1H3,(H,20,21). The van der Waals surface area contributed by atoms with E-state index in [4.69, 9.17) is 27.9 Å². The van der Waals surface area contributed by atoms with Crippen LogP contribution in [0.15, 0.2) is 40.9 Å². The Hall–Kier alpha value is -1.23. The van der Waals surface area contributed by atoms with Crippen LogP contribution in [-0.4, -0.2) is 13.0 Å². The average Bonchev–Trinajstić information content (AvgIpc) is 2.49. The molecule has 3 nitrogen and oxygen atoms in total. The number of benzene rings is 2. The number of amides is 1. The Morgan fingerprint density at radius 3 is 2.68 bits per heavy atom. The lowest BCUT2D eigenvalue weighted by atomic mass is 10.1. The second-order valence-electron chi connectivity index (χ2n) is 4.64. The quantitative estimate of drug-likeness (QED) is 0.733. The third kappa shape index (κ3) is 4.63. The smallest absolute Gasteiger partial charge is 0.224 e. The van der Waals surface area contributed by atoms with E-state index < -0.39 is 0 Å². The first-order chi connectivity index (χ1) is 10.5. The number of hydrogen-bond donors (Lipinski definition) is 1. The van der Waals surface area contributed by atoms with Crippen molar-refractivity contribution in [2.24, 2.45) is 0 Å². The van der Waals surface area contributed by atoms with Crippen LogP contribution in [0, 0.1) is 0 Å². The molecule has 6 heteroatoms. The van der Waals surface area contributed by atoms with Crippen LogP contribution in [-0.2, 0) is 11.2 Å². The minimum absolute atomic E-state index is 0.115. The molecule has 0 unspecified atom stereocenters. The monoisotopic (exact) mass is 401 g/mol. The fraction of sp³-hybridized carbons (Fsp3) is 0.188. The minimum Gasteiger partial charge on any atom is -0.496 e. The summed E-state index contributed by atoms with van der Waals surface area (Å²) in [5, 5.41) is 3.76. The highest BCUT2D eigenvalue weighted by Gasteiger charge is 2.08. The summed E-state index contributed by atoms with van der Waals surface area (Å²) in [6, 6.07) is 10.7. The molecule has 0 aliphatic carbocycles. The zero-order valence-electron chi connectivity index (χ0n) is 11.8. The number of ether oxygens (including phenoxy) is 1. The molecule has 1 amide bonds. The van der Waals surface area contributed by atoms with E-state index in [1.54, 1.807) is 25.3 Å². The lowest BCUT2D eigenvalue weighted by Crippen LogP contribution is -2.12. The third-order valence-corrected chi connectivity index (χ3v) is 4.24. The van der Waals surface area contributed by atoms with E-state index >= 15 is 0 Å². The molecular weight excluding hydrogens is 389 g/mol. The number of carbonyl (C=O) groups excluding carboxylic acids is 1. The second kappa shape index (κ2) is 7.86. The first-order valence-electron chi connectivity index (χ1n) is 6.57. The number of anilines is 1. The summed E-state index contributed by atoms with van der Waals surface area (Å²) in [6.45, 7) is 0. The van der Waals surface area contributed by atoms with Crippen molar-refractivity contribution in [1.82, 2.24) is 0 Å². The highest BCUT2D eigenvalue weighted by atomic mass is 79.9. The van der Waals surface area contributed by atoms with Gasteiger partial charge in [0, 0.05) is 11.4 Å². The van der Waals surface area contributed by atoms with Gasteiger partial charge in [-0.15, -0.1) is 0 Å². The summed E-state index contributed by atoms with van der Waals surface area (Å²) in [7, 11) is 1.61. The Kier molecular flexibility index (Phi) is 6.12. The number of methoxy groups -OCH3 is 1. The molecule has 2 aromatic rings. The van der Waals surface area contributed by atoms with E-state index in [-0.39, 0.29) is 5.91 Å². The van der Waals surface area contributed by atoms with E-state index in [9.17, 15) is 4.79 Å². The Labute approximate surface area is 147 Å². The van der Waals surface area contributed by atoms with Crippen LogP contribution in [0.3, 0.4) is 0 Å². The summed E-state index contributed by atoms with van der Waals surface area (Å²) < 4.78 is 6.04. The number of aryl methyl sites for hydroxylation is 1. The predicted octanol–water partition coefficient (Wildman–Crippen LogP) is 5.34. The van der Waals surface area contributed by atoms with Gasteiger partial charge in [-0.2, -0.15) is 0 Å². The Morgan fingerprint density at radius 2 is 2.00 bits per heavy atom. The van der Waals surface area contributed by atoms with Crippen LogP contribution in [0.4, 0.5) is 5.69 Å². The maximum atomic E-state index is 12.0. The largest absolute Gasteiger partial charge is 0.496 e. The molecule has 0 atom stereocenters. The van der Waals surface area contributed by atoms with Crippen molar-refractivity contribution in [2.75, 3.05) is 12.4 Å². The lowest BCUT2D eigenvalue weighted by molar-refractivity contribution is -0.116. The molecule has 0 bridgehead atoms. The Morgan fingerprint density at radius 1 is 1.23 bits per heavy atom. The van der Waals surface area contributed by atoms with Crippen LogP contribution in [0.25, 0.3) is 0 Å². The summed E-state index contributed by atoms with van der Waals surface area (Å²) in [6.07, 6.45) is 0.966. The van der Waals surface area contributed by atoms with E-state index in [1.165, 1.54) is 0 Å². The van der Waals surface area contributed by atoms with E-state index in [2.05, 4.69) is 21.2 Å². The van der Waals surface area contributed by atoms with Gasteiger partial charge in [-0.05, 0) is 58.2 Å². The second-order valence-corrected chi connectivity index (χ2v) is 6.34. The fourth-order valence-electron chi connectivity index (χ4n) is 1.93. The topological polar surface area (TPSA) is 38.3 Å². The first-order valence-corrected chi connectivity index (χ1v) is 8.12. The maximum absolute atomic E-state index is 12.0. The molecule has 0 radical (unpaired) electrons. The molecule has 0 saturated carbocycles. The molecule has 0 heterocycles. The van der Waals surface area contributed by atoms with Crippen LogP contribution in [0.2, 0.25) is 10.0 Å². The van der Waals surface area contributed by atoms with Crippen LogP contribution >= 0.6 is 39.1 Å². The van der Waals surface area contributed by atoms with Crippen molar-refractivity contribution >= 4 is 50.7 Å². The van der Waals surface area contributed by atoms with Gasteiger partial charge in [-0.25, -0.2) is 0 Å². The maximum Gasteiger partial charge on any atom is 0.224 e. The van der Waals surface area contributed by atoms with Gasteiger partial charge in [-0.1, -0.05) is 29.3 Å². The molecule has 0 aromatic heterocycles. The van der Waals surface area contributed by atoms with Crippen molar-refractivity contribution in [1.29, 1.82) is 0 Å². The molecule has 1 N–H and O–H groups in total. The summed E-state index contributed by atoms with van der Waals surface area (Å²) in [5.41, 5.74) is 1.56. The van der Waals surface area contributed by atoms with E-state index in [0.717, 1.165) is 15.8 Å². The Balaban J connectivity index is 1.95.